The smallest absolute Gasteiger partial charge is 0.272 e. The molecule has 0 atom stereocenters. The molecule has 0 aliphatic carbocycles. The number of nitrogens with zero attached hydrogens (tertiary/aromatic N) is 3. The third kappa shape index (κ3) is 3.46. The molecule has 104 valence electrons. The zero-order valence-electron chi connectivity index (χ0n) is 9.19. The van der Waals surface area contributed by atoms with Gasteiger partial charge in [-0.05, 0) is 22.0 Å². The Morgan fingerprint density at radius 1 is 1.25 bits per heavy atom. The first-order chi connectivity index (χ1) is 9.22. The highest BCUT2D eigenvalue weighted by atomic mass is 79.9. The van der Waals surface area contributed by atoms with E-state index in [0.29, 0.717) is 6.07 Å². The van der Waals surface area contributed by atoms with E-state index in [2.05, 4.69) is 37.0 Å². The molecular formula is C10H2Br2F4N4. The van der Waals surface area contributed by atoms with Gasteiger partial charge in [-0.2, -0.15) is 28.8 Å². The van der Waals surface area contributed by atoms with Crippen molar-refractivity contribution >= 4 is 43.3 Å². The molecule has 0 aliphatic heterocycles. The molecule has 0 saturated heterocycles. The Kier molecular flexibility index (Phi) is 5.09. The summed E-state index contributed by atoms with van der Waals surface area (Å²) >= 11 is 5.24. The van der Waals surface area contributed by atoms with Crippen LogP contribution in [0.15, 0.2) is 20.1 Å². The third-order valence-electron chi connectivity index (χ3n) is 1.94. The van der Waals surface area contributed by atoms with Crippen LogP contribution in [0.25, 0.3) is 0 Å². The van der Waals surface area contributed by atoms with Crippen LogP contribution in [-0.2, 0) is 6.18 Å². The molecule has 1 rings (SSSR count). The molecule has 0 aliphatic rings. The van der Waals surface area contributed by atoms with Crippen molar-refractivity contribution in [2.75, 3.05) is 5.43 Å². The fraction of sp³-hybridized carbons (Fsp3) is 0.100. The van der Waals surface area contributed by atoms with Crippen molar-refractivity contribution in [3.63, 3.8) is 0 Å². The Hall–Kier alpha value is -1.65. The highest BCUT2D eigenvalue weighted by molar-refractivity contribution is 9.11. The van der Waals surface area contributed by atoms with Crippen molar-refractivity contribution in [1.29, 1.82) is 10.5 Å². The van der Waals surface area contributed by atoms with Crippen molar-refractivity contribution in [2.24, 2.45) is 5.10 Å². The zero-order chi connectivity index (χ0) is 15.5. The van der Waals surface area contributed by atoms with Gasteiger partial charge in [-0.15, -0.1) is 0 Å². The van der Waals surface area contributed by atoms with Gasteiger partial charge in [0.15, 0.2) is 0 Å². The van der Waals surface area contributed by atoms with Crippen LogP contribution in [0.5, 0.6) is 0 Å². The van der Waals surface area contributed by atoms with Crippen molar-refractivity contribution < 1.29 is 17.6 Å². The SMILES string of the molecule is N#CC(C#N)=NNc1c(F)cc(Br)c(C(F)(F)F)c1Br. The molecule has 0 bridgehead atoms. The quantitative estimate of drug-likeness (QED) is 0.449. The number of alkyl halides is 3. The lowest BCUT2D eigenvalue weighted by atomic mass is 10.2. The van der Waals surface area contributed by atoms with Crippen LogP contribution in [-0.4, -0.2) is 5.71 Å². The lowest BCUT2D eigenvalue weighted by Crippen LogP contribution is -2.10. The summed E-state index contributed by atoms with van der Waals surface area (Å²) in [6.45, 7) is 0. The van der Waals surface area contributed by atoms with E-state index in [1.54, 1.807) is 0 Å². The van der Waals surface area contributed by atoms with Crippen LogP contribution in [0, 0.1) is 28.5 Å². The Bertz CT molecular complexity index is 639. The second-order valence-electron chi connectivity index (χ2n) is 3.20. The van der Waals surface area contributed by atoms with Crippen molar-refractivity contribution in [3.05, 3.63) is 26.4 Å². The van der Waals surface area contributed by atoms with E-state index in [4.69, 9.17) is 10.5 Å². The van der Waals surface area contributed by atoms with Crippen molar-refractivity contribution in [2.45, 2.75) is 6.18 Å². The molecule has 1 aromatic rings. The Morgan fingerprint density at radius 2 is 1.80 bits per heavy atom. The summed E-state index contributed by atoms with van der Waals surface area (Å²) in [5.74, 6) is -1.05. The molecule has 0 aromatic heterocycles. The number of hydrogen-bond donors (Lipinski definition) is 1. The summed E-state index contributed by atoms with van der Waals surface area (Å²) in [5.41, 5.74) is -0.518. The minimum absolute atomic E-state index is 0.496. The molecule has 1 aromatic carbocycles. The van der Waals surface area contributed by atoms with E-state index in [1.165, 1.54) is 12.1 Å². The number of halogens is 6. The number of hydrazone groups is 1. The van der Waals surface area contributed by atoms with Gasteiger partial charge in [0.25, 0.3) is 0 Å². The molecule has 20 heavy (non-hydrogen) atoms. The van der Waals surface area contributed by atoms with Crippen LogP contribution < -0.4 is 5.43 Å². The molecule has 4 nitrogen and oxygen atoms in total. The number of benzene rings is 1. The van der Waals surface area contributed by atoms with E-state index in [1.807, 2.05) is 5.43 Å². The zero-order valence-corrected chi connectivity index (χ0v) is 12.4. The average molecular weight is 414 g/mol. The molecule has 0 fully saturated rings. The van der Waals surface area contributed by atoms with Gasteiger partial charge in [-0.25, -0.2) is 4.39 Å². The molecule has 0 radical (unpaired) electrons. The molecule has 0 spiro atoms. The lowest BCUT2D eigenvalue weighted by molar-refractivity contribution is -0.138. The first kappa shape index (κ1) is 16.4. The van der Waals surface area contributed by atoms with E-state index < -0.39 is 37.9 Å². The van der Waals surface area contributed by atoms with Gasteiger partial charge in [-0.3, -0.25) is 5.43 Å². The Morgan fingerprint density at radius 3 is 2.25 bits per heavy atom. The van der Waals surface area contributed by atoms with Crippen LogP contribution in [0.3, 0.4) is 0 Å². The van der Waals surface area contributed by atoms with Crippen LogP contribution in [0.2, 0.25) is 0 Å². The summed E-state index contributed by atoms with van der Waals surface area (Å²) in [7, 11) is 0. The fourth-order valence-corrected chi connectivity index (χ4v) is 2.75. The van der Waals surface area contributed by atoms with Gasteiger partial charge in [-0.1, -0.05) is 15.9 Å². The summed E-state index contributed by atoms with van der Waals surface area (Å²) in [5, 5.41) is 20.1. The second-order valence-corrected chi connectivity index (χ2v) is 4.85. The van der Waals surface area contributed by atoms with E-state index in [9.17, 15) is 17.6 Å². The van der Waals surface area contributed by atoms with Crippen LogP contribution in [0.1, 0.15) is 5.56 Å². The number of nitrogens with one attached hydrogen (secondary N) is 1. The minimum Gasteiger partial charge on any atom is -0.272 e. The number of nitriles is 2. The molecule has 0 heterocycles. The van der Waals surface area contributed by atoms with Gasteiger partial charge in [0.2, 0.25) is 5.71 Å². The van der Waals surface area contributed by atoms with E-state index in [-0.39, 0.29) is 0 Å². The topological polar surface area (TPSA) is 72.0 Å². The maximum Gasteiger partial charge on any atom is 0.418 e. The first-order valence-corrected chi connectivity index (χ1v) is 6.19. The summed E-state index contributed by atoms with van der Waals surface area (Å²) < 4.78 is 50.9. The highest BCUT2D eigenvalue weighted by Gasteiger charge is 2.37. The van der Waals surface area contributed by atoms with Gasteiger partial charge in [0.1, 0.15) is 23.6 Å². The maximum absolute atomic E-state index is 13.6. The predicted molar refractivity (Wildman–Crippen MR) is 69.1 cm³/mol. The van der Waals surface area contributed by atoms with Gasteiger partial charge < -0.3 is 0 Å². The minimum atomic E-state index is -4.74. The first-order valence-electron chi connectivity index (χ1n) is 4.61. The number of hydrogen-bond acceptors (Lipinski definition) is 4. The average Bonchev–Trinajstić information content (AvgIpc) is 2.31. The molecule has 0 saturated carbocycles. The summed E-state index contributed by atoms with van der Waals surface area (Å²) in [4.78, 5) is 0. The van der Waals surface area contributed by atoms with Gasteiger partial charge >= 0.3 is 6.18 Å². The third-order valence-corrected chi connectivity index (χ3v) is 3.36. The Labute approximate surface area is 126 Å². The summed E-state index contributed by atoms with van der Waals surface area (Å²) in [6.07, 6.45) is -4.74. The van der Waals surface area contributed by atoms with Crippen LogP contribution in [0.4, 0.5) is 23.2 Å². The van der Waals surface area contributed by atoms with Crippen molar-refractivity contribution in [3.8, 4) is 12.1 Å². The largest absolute Gasteiger partial charge is 0.418 e. The van der Waals surface area contributed by atoms with Crippen molar-refractivity contribution in [1.82, 2.24) is 0 Å². The summed E-state index contributed by atoms with van der Waals surface area (Å²) in [6, 6.07) is 3.35. The second kappa shape index (κ2) is 6.20. The predicted octanol–water partition coefficient (Wildman–Crippen LogP) is 4.18. The van der Waals surface area contributed by atoms with E-state index in [0.717, 1.165) is 0 Å². The number of rotatable bonds is 2. The van der Waals surface area contributed by atoms with Crippen LogP contribution >= 0.6 is 31.9 Å². The molecule has 1 N–H and O–H groups in total. The lowest BCUT2D eigenvalue weighted by Gasteiger charge is -2.15. The molecule has 10 heteroatoms. The van der Waals surface area contributed by atoms with Gasteiger partial charge in [0.05, 0.1) is 10.0 Å². The van der Waals surface area contributed by atoms with E-state index >= 15 is 0 Å². The normalized spacial score (nSPS) is 10.4. The molecular weight excluding hydrogens is 412 g/mol. The molecule has 0 amide bonds. The Balaban J connectivity index is 3.40. The van der Waals surface area contributed by atoms with Gasteiger partial charge in [0, 0.05) is 4.47 Å². The highest BCUT2D eigenvalue weighted by Crippen LogP contribution is 2.44. The number of anilines is 1. The standard InChI is InChI=1S/C10H2Br2F4N4/c11-5-1-6(13)9(20-19-4(2-17)3-18)8(12)7(5)10(14,15)16/h1,20H. The monoisotopic (exact) mass is 412 g/mol. The molecule has 0 unspecified atom stereocenters. The fourth-order valence-electron chi connectivity index (χ4n) is 1.14. The maximum atomic E-state index is 13.6.